The molecule has 0 aromatic heterocycles. The van der Waals surface area contributed by atoms with Crippen molar-refractivity contribution < 1.29 is 4.74 Å². The number of nitrogens with one attached hydrogen (secondary N) is 1. The van der Waals surface area contributed by atoms with E-state index in [2.05, 4.69) is 60.2 Å². The molecule has 3 nitrogen and oxygen atoms in total. The Kier molecular flexibility index (Phi) is 13.3. The van der Waals surface area contributed by atoms with E-state index in [1.807, 2.05) is 24.3 Å². The largest absolute Gasteiger partial charge is 0.491 e. The monoisotopic (exact) mass is 448 g/mol. The van der Waals surface area contributed by atoms with Crippen LogP contribution in [0.4, 0.5) is 11.4 Å². The van der Waals surface area contributed by atoms with Crippen LogP contribution in [0.5, 0.6) is 5.75 Å². The van der Waals surface area contributed by atoms with Gasteiger partial charge in [-0.05, 0) is 56.0 Å². The first-order chi connectivity index (χ1) is 13.6. The fourth-order valence-electron chi connectivity index (χ4n) is 2.68. The number of anilines is 2. The van der Waals surface area contributed by atoms with Crippen molar-refractivity contribution in [3.8, 4) is 5.75 Å². The highest BCUT2D eigenvalue weighted by molar-refractivity contribution is 9.10. The van der Waals surface area contributed by atoms with Crippen LogP contribution >= 0.6 is 15.9 Å². The fourth-order valence-corrected chi connectivity index (χ4v) is 3.05. The molecule has 2 rings (SSSR count). The van der Waals surface area contributed by atoms with E-state index in [1.165, 1.54) is 37.7 Å². The minimum absolute atomic E-state index is 0.767. The van der Waals surface area contributed by atoms with Crippen LogP contribution in [-0.2, 0) is 6.42 Å². The van der Waals surface area contributed by atoms with Gasteiger partial charge in [-0.3, -0.25) is 0 Å². The summed E-state index contributed by atoms with van der Waals surface area (Å²) in [4.78, 5) is 0. The average molecular weight is 449 g/mol. The maximum absolute atomic E-state index is 6.03. The first kappa shape index (κ1) is 24.4. The molecule has 3 N–H and O–H groups in total. The lowest BCUT2D eigenvalue weighted by atomic mass is 10.0. The summed E-state index contributed by atoms with van der Waals surface area (Å²) in [7, 11) is 0. The molecule has 0 unspecified atom stereocenters. The van der Waals surface area contributed by atoms with Gasteiger partial charge in [-0.2, -0.15) is 0 Å². The Bertz CT molecular complexity index is 659. The molecular formula is C24H37BrN2O. The van der Waals surface area contributed by atoms with Gasteiger partial charge in [0.05, 0.1) is 12.3 Å². The smallest absolute Gasteiger partial charge is 0.142 e. The van der Waals surface area contributed by atoms with Gasteiger partial charge in [0.15, 0.2) is 0 Å². The van der Waals surface area contributed by atoms with E-state index < -0.39 is 0 Å². The van der Waals surface area contributed by atoms with Crippen molar-refractivity contribution in [3.05, 3.63) is 52.5 Å². The van der Waals surface area contributed by atoms with Crippen LogP contribution in [-0.4, -0.2) is 13.2 Å². The van der Waals surface area contributed by atoms with E-state index in [0.717, 1.165) is 47.6 Å². The molecule has 0 saturated heterocycles. The molecule has 0 heterocycles. The van der Waals surface area contributed by atoms with E-state index in [1.54, 1.807) is 0 Å². The first-order valence-electron chi connectivity index (χ1n) is 10.6. The summed E-state index contributed by atoms with van der Waals surface area (Å²) in [6, 6.07) is 14.3. The number of unbranched alkanes of at least 4 members (excludes halogenated alkanes) is 4. The lowest BCUT2D eigenvalue weighted by Gasteiger charge is -2.12. The number of aryl methyl sites for hydroxylation is 1. The van der Waals surface area contributed by atoms with Crippen molar-refractivity contribution in [2.75, 3.05) is 24.2 Å². The van der Waals surface area contributed by atoms with Crippen molar-refractivity contribution >= 4 is 27.3 Å². The Morgan fingerprint density at radius 3 is 2.32 bits per heavy atom. The normalized spacial score (nSPS) is 10.1. The minimum atomic E-state index is 0.767. The second-order valence-electron chi connectivity index (χ2n) is 6.88. The van der Waals surface area contributed by atoms with E-state index in [0.29, 0.717) is 0 Å². The molecule has 0 saturated carbocycles. The lowest BCUT2D eigenvalue weighted by molar-refractivity contribution is 0.306. The number of para-hydroxylation sites is 2. The fraction of sp³-hybridized carbons (Fsp3) is 0.500. The van der Waals surface area contributed by atoms with E-state index in [-0.39, 0.29) is 0 Å². The van der Waals surface area contributed by atoms with Gasteiger partial charge in [0.2, 0.25) is 0 Å². The van der Waals surface area contributed by atoms with Crippen molar-refractivity contribution in [1.82, 2.24) is 0 Å². The molecule has 4 heteroatoms. The molecule has 0 amide bonds. The molecule has 0 aliphatic heterocycles. The number of nitrogen functional groups attached to an aromatic ring is 1. The molecule has 156 valence electrons. The quantitative estimate of drug-likeness (QED) is 0.277. The highest BCUT2D eigenvalue weighted by Crippen LogP contribution is 2.24. The standard InChI is InChI=1S/C20H27BrN2O.C4H10/c1-2-23-19-10-6-7-11-20(19)24-14-8-4-3-5-9-16-12-13-17(21)15-18(16)22;1-3-4-2/h6-7,10-13,15,23H,2-5,8-9,14,22H2,1H3;3-4H2,1-2H3. The van der Waals surface area contributed by atoms with Gasteiger partial charge in [0, 0.05) is 16.7 Å². The molecule has 2 aromatic carbocycles. The number of hydrogen-bond donors (Lipinski definition) is 2. The van der Waals surface area contributed by atoms with E-state index in [9.17, 15) is 0 Å². The van der Waals surface area contributed by atoms with Crippen LogP contribution in [0.25, 0.3) is 0 Å². The molecule has 0 atom stereocenters. The number of rotatable bonds is 11. The van der Waals surface area contributed by atoms with Gasteiger partial charge in [0.25, 0.3) is 0 Å². The predicted octanol–water partition coefficient (Wildman–Crippen LogP) is 7.45. The van der Waals surface area contributed by atoms with Gasteiger partial charge in [-0.1, -0.05) is 73.7 Å². The number of hydrogen-bond acceptors (Lipinski definition) is 3. The van der Waals surface area contributed by atoms with Crippen molar-refractivity contribution in [3.63, 3.8) is 0 Å². The number of ether oxygens (including phenoxy) is 1. The van der Waals surface area contributed by atoms with Crippen LogP contribution in [0, 0.1) is 0 Å². The SMILES string of the molecule is CCCC.CCNc1ccccc1OCCCCCCc1ccc(Br)cc1N. The van der Waals surface area contributed by atoms with E-state index >= 15 is 0 Å². The van der Waals surface area contributed by atoms with Crippen molar-refractivity contribution in [2.45, 2.75) is 65.7 Å². The summed E-state index contributed by atoms with van der Waals surface area (Å²) < 4.78 is 6.94. The summed E-state index contributed by atoms with van der Waals surface area (Å²) in [5.41, 5.74) is 9.23. The summed E-state index contributed by atoms with van der Waals surface area (Å²) in [6.45, 7) is 8.12. The lowest BCUT2D eigenvalue weighted by Crippen LogP contribution is -2.03. The first-order valence-corrected chi connectivity index (χ1v) is 11.4. The molecule has 28 heavy (non-hydrogen) atoms. The van der Waals surface area contributed by atoms with Gasteiger partial charge in [-0.25, -0.2) is 0 Å². The number of benzene rings is 2. The maximum Gasteiger partial charge on any atom is 0.142 e. The van der Waals surface area contributed by atoms with Crippen LogP contribution in [0.15, 0.2) is 46.9 Å². The molecule has 2 aromatic rings. The second kappa shape index (κ2) is 15.3. The second-order valence-corrected chi connectivity index (χ2v) is 7.80. The third kappa shape index (κ3) is 10.0. The topological polar surface area (TPSA) is 47.3 Å². The number of nitrogens with two attached hydrogens (primary N) is 1. The average Bonchev–Trinajstić information content (AvgIpc) is 2.70. The Morgan fingerprint density at radius 1 is 0.929 bits per heavy atom. The molecular weight excluding hydrogens is 412 g/mol. The Morgan fingerprint density at radius 2 is 1.64 bits per heavy atom. The van der Waals surface area contributed by atoms with Crippen molar-refractivity contribution in [1.29, 1.82) is 0 Å². The Hall–Kier alpha value is -1.68. The maximum atomic E-state index is 6.03. The van der Waals surface area contributed by atoms with Gasteiger partial charge in [0.1, 0.15) is 5.75 Å². The van der Waals surface area contributed by atoms with Crippen LogP contribution < -0.4 is 15.8 Å². The van der Waals surface area contributed by atoms with Crippen LogP contribution in [0.3, 0.4) is 0 Å². The zero-order chi connectivity index (χ0) is 20.6. The summed E-state index contributed by atoms with van der Waals surface area (Å²) >= 11 is 3.44. The summed E-state index contributed by atoms with van der Waals surface area (Å²) in [5, 5.41) is 3.32. The van der Waals surface area contributed by atoms with Gasteiger partial charge < -0.3 is 15.8 Å². The predicted molar refractivity (Wildman–Crippen MR) is 127 cm³/mol. The molecule has 0 radical (unpaired) electrons. The highest BCUT2D eigenvalue weighted by atomic mass is 79.9. The highest BCUT2D eigenvalue weighted by Gasteiger charge is 2.02. The molecule has 0 aliphatic rings. The Balaban J connectivity index is 0.000000892. The summed E-state index contributed by atoms with van der Waals surface area (Å²) in [5.74, 6) is 0.946. The summed E-state index contributed by atoms with van der Waals surface area (Å²) in [6.07, 6.45) is 8.31. The van der Waals surface area contributed by atoms with Crippen molar-refractivity contribution in [2.24, 2.45) is 0 Å². The third-order valence-corrected chi connectivity index (χ3v) is 4.95. The third-order valence-electron chi connectivity index (χ3n) is 4.46. The molecule has 0 spiro atoms. The van der Waals surface area contributed by atoms with Gasteiger partial charge >= 0.3 is 0 Å². The zero-order valence-electron chi connectivity index (χ0n) is 17.8. The minimum Gasteiger partial charge on any atom is -0.491 e. The Labute approximate surface area is 180 Å². The molecule has 0 bridgehead atoms. The molecule has 0 aliphatic carbocycles. The molecule has 0 fully saturated rings. The van der Waals surface area contributed by atoms with Crippen LogP contribution in [0.1, 0.15) is 64.9 Å². The number of halogens is 1. The van der Waals surface area contributed by atoms with Gasteiger partial charge in [-0.15, -0.1) is 0 Å². The zero-order valence-corrected chi connectivity index (χ0v) is 19.4. The van der Waals surface area contributed by atoms with Crippen LogP contribution in [0.2, 0.25) is 0 Å². The van der Waals surface area contributed by atoms with E-state index in [4.69, 9.17) is 10.5 Å².